The van der Waals surface area contributed by atoms with E-state index in [4.69, 9.17) is 0 Å². The van der Waals surface area contributed by atoms with Crippen LogP contribution in [0.3, 0.4) is 0 Å². The first-order valence-corrected chi connectivity index (χ1v) is 7.43. The highest BCUT2D eigenvalue weighted by atomic mass is 32.1. The van der Waals surface area contributed by atoms with Gasteiger partial charge in [-0.15, -0.1) is 11.3 Å². The van der Waals surface area contributed by atoms with E-state index in [0.29, 0.717) is 6.04 Å². The second-order valence-corrected chi connectivity index (χ2v) is 6.10. The zero-order chi connectivity index (χ0) is 12.3. The summed E-state index contributed by atoms with van der Waals surface area (Å²) in [6.07, 6.45) is 2.58. The molecule has 2 rings (SSSR count). The van der Waals surface area contributed by atoms with Crippen LogP contribution in [0, 0.1) is 12.8 Å². The zero-order valence-corrected chi connectivity index (χ0v) is 11.9. The van der Waals surface area contributed by atoms with Crippen molar-refractivity contribution in [3.05, 3.63) is 11.1 Å². The minimum absolute atomic E-state index is 0.606. The van der Waals surface area contributed by atoms with Gasteiger partial charge in [0.2, 0.25) is 0 Å². The van der Waals surface area contributed by atoms with Gasteiger partial charge in [0, 0.05) is 24.5 Å². The van der Waals surface area contributed by atoms with Crippen LogP contribution in [0.4, 0.5) is 5.13 Å². The Balaban J connectivity index is 1.78. The largest absolute Gasteiger partial charge is 0.348 e. The van der Waals surface area contributed by atoms with Crippen molar-refractivity contribution in [2.45, 2.75) is 39.7 Å². The van der Waals surface area contributed by atoms with Gasteiger partial charge >= 0.3 is 0 Å². The predicted octanol–water partition coefficient (Wildman–Crippen LogP) is 2.67. The molecular formula is C13H23N3S. The first kappa shape index (κ1) is 12.8. The normalized spacial score (nSPS) is 18.0. The van der Waals surface area contributed by atoms with Gasteiger partial charge in [-0.3, -0.25) is 0 Å². The minimum atomic E-state index is 0.606. The van der Waals surface area contributed by atoms with Crippen LogP contribution in [-0.2, 0) is 0 Å². The molecule has 0 unspecified atom stereocenters. The van der Waals surface area contributed by atoms with Crippen molar-refractivity contribution in [2.75, 3.05) is 24.5 Å². The number of anilines is 1. The fourth-order valence-electron chi connectivity index (χ4n) is 2.22. The van der Waals surface area contributed by atoms with Crippen LogP contribution >= 0.6 is 11.3 Å². The van der Waals surface area contributed by atoms with Gasteiger partial charge < -0.3 is 10.2 Å². The molecule has 1 aliphatic heterocycles. The number of hydrogen-bond acceptors (Lipinski definition) is 4. The van der Waals surface area contributed by atoms with Gasteiger partial charge in [0.05, 0.1) is 5.69 Å². The number of nitrogens with zero attached hydrogens (tertiary/aromatic N) is 2. The van der Waals surface area contributed by atoms with E-state index in [1.54, 1.807) is 11.3 Å². The summed E-state index contributed by atoms with van der Waals surface area (Å²) < 4.78 is 0. The van der Waals surface area contributed by atoms with E-state index in [0.717, 1.165) is 24.7 Å². The van der Waals surface area contributed by atoms with Gasteiger partial charge in [-0.05, 0) is 32.2 Å². The Kier molecular flexibility index (Phi) is 4.40. The Bertz CT molecular complexity index is 340. The van der Waals surface area contributed by atoms with Crippen molar-refractivity contribution in [3.8, 4) is 0 Å². The van der Waals surface area contributed by atoms with E-state index in [9.17, 15) is 0 Å². The first-order valence-electron chi connectivity index (χ1n) is 6.55. The third-order valence-corrected chi connectivity index (χ3v) is 4.33. The summed E-state index contributed by atoms with van der Waals surface area (Å²) in [7, 11) is 0. The van der Waals surface area contributed by atoms with Crippen molar-refractivity contribution in [2.24, 2.45) is 5.92 Å². The van der Waals surface area contributed by atoms with E-state index in [-0.39, 0.29) is 0 Å². The second kappa shape index (κ2) is 5.83. The topological polar surface area (TPSA) is 28.2 Å². The molecule has 0 spiro atoms. The van der Waals surface area contributed by atoms with Crippen LogP contribution in [0.15, 0.2) is 5.38 Å². The van der Waals surface area contributed by atoms with Crippen molar-refractivity contribution in [3.63, 3.8) is 0 Å². The summed E-state index contributed by atoms with van der Waals surface area (Å²) >= 11 is 1.77. The quantitative estimate of drug-likeness (QED) is 0.894. The number of nitrogens with one attached hydrogen (secondary N) is 1. The minimum Gasteiger partial charge on any atom is -0.348 e. The van der Waals surface area contributed by atoms with Gasteiger partial charge in [-0.25, -0.2) is 4.98 Å². The highest BCUT2D eigenvalue weighted by Gasteiger charge is 2.20. The smallest absolute Gasteiger partial charge is 0.185 e. The lowest BCUT2D eigenvalue weighted by Gasteiger charge is -2.32. The molecule has 0 aliphatic carbocycles. The summed E-state index contributed by atoms with van der Waals surface area (Å²) in [4.78, 5) is 7.00. The van der Waals surface area contributed by atoms with Crippen molar-refractivity contribution in [1.82, 2.24) is 10.3 Å². The average Bonchev–Trinajstić information content (AvgIpc) is 2.74. The molecule has 1 saturated heterocycles. The Morgan fingerprint density at radius 1 is 1.47 bits per heavy atom. The van der Waals surface area contributed by atoms with Crippen LogP contribution in [-0.4, -0.2) is 30.7 Å². The molecule has 96 valence electrons. The summed E-state index contributed by atoms with van der Waals surface area (Å²) in [6.45, 7) is 10.00. The Morgan fingerprint density at radius 2 is 2.18 bits per heavy atom. The SMILES string of the molecule is Cc1csc(N2CCC(CNC(C)C)CC2)n1. The number of piperidine rings is 1. The van der Waals surface area contributed by atoms with Crippen LogP contribution in [0.1, 0.15) is 32.4 Å². The van der Waals surface area contributed by atoms with E-state index in [2.05, 4.69) is 41.4 Å². The Morgan fingerprint density at radius 3 is 2.71 bits per heavy atom. The third-order valence-electron chi connectivity index (χ3n) is 3.31. The number of aromatic nitrogens is 1. The standard InChI is InChI=1S/C13H23N3S/c1-10(2)14-8-12-4-6-16(7-5-12)13-15-11(3)9-17-13/h9-10,12,14H,4-8H2,1-3H3. The molecule has 2 heterocycles. The lowest BCUT2D eigenvalue weighted by atomic mass is 9.97. The van der Waals surface area contributed by atoms with Crippen molar-refractivity contribution >= 4 is 16.5 Å². The molecule has 1 fully saturated rings. The molecule has 0 atom stereocenters. The van der Waals surface area contributed by atoms with Crippen LogP contribution in [0.25, 0.3) is 0 Å². The fraction of sp³-hybridized carbons (Fsp3) is 0.769. The van der Waals surface area contributed by atoms with E-state index in [1.807, 2.05) is 0 Å². The summed E-state index contributed by atoms with van der Waals surface area (Å²) in [5.41, 5.74) is 1.15. The lowest BCUT2D eigenvalue weighted by Crippen LogP contribution is -2.38. The zero-order valence-electron chi connectivity index (χ0n) is 11.1. The first-order chi connectivity index (χ1) is 8.15. The monoisotopic (exact) mass is 253 g/mol. The molecule has 1 N–H and O–H groups in total. The molecule has 0 saturated carbocycles. The van der Waals surface area contributed by atoms with Crippen molar-refractivity contribution in [1.29, 1.82) is 0 Å². The average molecular weight is 253 g/mol. The van der Waals surface area contributed by atoms with Crippen LogP contribution in [0.2, 0.25) is 0 Å². The highest BCUT2D eigenvalue weighted by molar-refractivity contribution is 7.13. The maximum atomic E-state index is 4.56. The van der Waals surface area contributed by atoms with E-state index in [1.165, 1.54) is 24.5 Å². The van der Waals surface area contributed by atoms with Gasteiger partial charge in [0.25, 0.3) is 0 Å². The molecule has 0 bridgehead atoms. The maximum Gasteiger partial charge on any atom is 0.185 e. The van der Waals surface area contributed by atoms with Gasteiger partial charge in [-0.1, -0.05) is 13.8 Å². The molecule has 0 aromatic carbocycles. The molecule has 3 nitrogen and oxygen atoms in total. The fourth-order valence-corrected chi connectivity index (χ4v) is 3.07. The summed E-state index contributed by atoms with van der Waals surface area (Å²) in [6, 6.07) is 0.606. The molecule has 0 radical (unpaired) electrons. The molecule has 1 aliphatic rings. The molecule has 17 heavy (non-hydrogen) atoms. The van der Waals surface area contributed by atoms with Gasteiger partial charge in [0.1, 0.15) is 0 Å². The molecule has 0 amide bonds. The molecule has 1 aromatic rings. The highest BCUT2D eigenvalue weighted by Crippen LogP contribution is 2.25. The van der Waals surface area contributed by atoms with E-state index >= 15 is 0 Å². The lowest BCUT2D eigenvalue weighted by molar-refractivity contribution is 0.370. The molecule has 4 heteroatoms. The second-order valence-electron chi connectivity index (χ2n) is 5.26. The van der Waals surface area contributed by atoms with Gasteiger partial charge in [-0.2, -0.15) is 0 Å². The van der Waals surface area contributed by atoms with Crippen molar-refractivity contribution < 1.29 is 0 Å². The van der Waals surface area contributed by atoms with Crippen LogP contribution < -0.4 is 10.2 Å². The summed E-state index contributed by atoms with van der Waals surface area (Å²) in [5.74, 6) is 0.842. The number of rotatable bonds is 4. The predicted molar refractivity (Wildman–Crippen MR) is 74.9 cm³/mol. The molecular weight excluding hydrogens is 230 g/mol. The number of thiazole rings is 1. The molecule has 1 aromatic heterocycles. The summed E-state index contributed by atoms with van der Waals surface area (Å²) in [5, 5.41) is 6.89. The maximum absolute atomic E-state index is 4.56. The van der Waals surface area contributed by atoms with E-state index < -0.39 is 0 Å². The number of aryl methyl sites for hydroxylation is 1. The van der Waals surface area contributed by atoms with Crippen LogP contribution in [0.5, 0.6) is 0 Å². The van der Waals surface area contributed by atoms with Gasteiger partial charge in [0.15, 0.2) is 5.13 Å². The third kappa shape index (κ3) is 3.68. The Labute approximate surface area is 108 Å². The number of hydrogen-bond donors (Lipinski definition) is 1. The Hall–Kier alpha value is -0.610.